The lowest BCUT2D eigenvalue weighted by Gasteiger charge is -2.10. The van der Waals surface area contributed by atoms with Gasteiger partial charge in [0.1, 0.15) is 11.5 Å². The van der Waals surface area contributed by atoms with E-state index >= 15 is 0 Å². The van der Waals surface area contributed by atoms with Crippen molar-refractivity contribution in [3.8, 4) is 11.5 Å². The summed E-state index contributed by atoms with van der Waals surface area (Å²) in [7, 11) is 0. The summed E-state index contributed by atoms with van der Waals surface area (Å²) in [6.45, 7) is 0. The zero-order valence-corrected chi connectivity index (χ0v) is 12.2. The smallest absolute Gasteiger partial charge is 0.416 e. The van der Waals surface area contributed by atoms with Crippen LogP contribution in [0.25, 0.3) is 11.0 Å². The van der Waals surface area contributed by atoms with Gasteiger partial charge in [0, 0.05) is 10.4 Å². The van der Waals surface area contributed by atoms with Crippen LogP contribution in [0.2, 0.25) is 5.02 Å². The minimum absolute atomic E-state index is 0.0826. The van der Waals surface area contributed by atoms with Crippen molar-refractivity contribution in [3.05, 3.63) is 52.2 Å². The number of hydrogen-bond acceptors (Lipinski definition) is 4. The summed E-state index contributed by atoms with van der Waals surface area (Å²) in [6, 6.07) is 7.36. The van der Waals surface area contributed by atoms with Crippen LogP contribution in [0.1, 0.15) is 5.56 Å². The number of nitrogens with zero attached hydrogens (tertiary/aromatic N) is 2. The third-order valence-electron chi connectivity index (χ3n) is 2.84. The minimum atomic E-state index is -4.47. The molecule has 1 heterocycles. The molecule has 9 heteroatoms. The number of alkyl halides is 3. The zero-order chi connectivity index (χ0) is 15.9. The van der Waals surface area contributed by atoms with Crippen LogP contribution in [-0.4, -0.2) is 4.37 Å². The number of fused-ring (bicyclic) bond motifs is 1. The Kier molecular flexibility index (Phi) is 3.57. The third-order valence-corrected chi connectivity index (χ3v) is 3.76. The molecule has 3 rings (SSSR count). The van der Waals surface area contributed by atoms with Crippen LogP contribution in [0, 0.1) is 5.21 Å². The Hall–Kier alpha value is -2.06. The van der Waals surface area contributed by atoms with Crippen LogP contribution in [0.4, 0.5) is 13.2 Å². The van der Waals surface area contributed by atoms with Gasteiger partial charge in [0.25, 0.3) is 11.7 Å². The monoisotopic (exact) mass is 346 g/mol. The second-order valence-corrected chi connectivity index (χ2v) is 5.41. The number of aromatic nitrogens is 2. The van der Waals surface area contributed by atoms with Crippen LogP contribution in [0.5, 0.6) is 11.5 Å². The molecule has 0 radical (unpaired) electrons. The van der Waals surface area contributed by atoms with Crippen molar-refractivity contribution in [3.63, 3.8) is 0 Å². The molecular formula is C13H6ClF3N2O2S. The molecule has 0 amide bonds. The fourth-order valence-electron chi connectivity index (χ4n) is 1.81. The van der Waals surface area contributed by atoms with Crippen LogP contribution in [-0.2, 0) is 6.18 Å². The first kappa shape index (κ1) is 14.9. The molecule has 0 aliphatic carbocycles. The van der Waals surface area contributed by atoms with Crippen LogP contribution < -0.4 is 8.86 Å². The number of ether oxygens (including phenoxy) is 1. The molecule has 3 aromatic rings. The highest BCUT2D eigenvalue weighted by molar-refractivity contribution is 6.95. The molecule has 0 spiro atoms. The number of rotatable bonds is 2. The molecule has 2 aromatic carbocycles. The van der Waals surface area contributed by atoms with Gasteiger partial charge in [-0.3, -0.25) is 0 Å². The van der Waals surface area contributed by atoms with E-state index < -0.39 is 11.7 Å². The summed E-state index contributed by atoms with van der Waals surface area (Å²) in [5, 5.41) is 11.2. The molecule has 22 heavy (non-hydrogen) atoms. The van der Waals surface area contributed by atoms with Gasteiger partial charge in [-0.1, -0.05) is 11.6 Å². The Bertz CT molecular complexity index is 851. The largest absolute Gasteiger partial charge is 0.700 e. The molecule has 0 N–H and O–H groups in total. The lowest BCUT2D eigenvalue weighted by molar-refractivity contribution is -0.500. The Morgan fingerprint density at radius 2 is 1.95 bits per heavy atom. The highest BCUT2D eigenvalue weighted by Gasteiger charge is 2.31. The van der Waals surface area contributed by atoms with E-state index in [1.807, 2.05) is 0 Å². The second-order valence-electron chi connectivity index (χ2n) is 4.33. The maximum absolute atomic E-state index is 12.6. The van der Waals surface area contributed by atoms with E-state index in [-0.39, 0.29) is 10.8 Å². The first-order valence-electron chi connectivity index (χ1n) is 5.89. The van der Waals surface area contributed by atoms with Crippen molar-refractivity contribution in [1.29, 1.82) is 0 Å². The van der Waals surface area contributed by atoms with Gasteiger partial charge < -0.3 is 9.94 Å². The van der Waals surface area contributed by atoms with Gasteiger partial charge in [-0.15, -0.1) is 0 Å². The summed E-state index contributed by atoms with van der Waals surface area (Å²) in [5.74, 6) is 0.402. The van der Waals surface area contributed by atoms with E-state index in [2.05, 4.69) is 4.37 Å². The van der Waals surface area contributed by atoms with Crippen LogP contribution in [0.15, 0.2) is 36.4 Å². The van der Waals surface area contributed by atoms with Gasteiger partial charge >= 0.3 is 6.18 Å². The average Bonchev–Trinajstić information content (AvgIpc) is 2.81. The second kappa shape index (κ2) is 5.29. The molecule has 4 nitrogen and oxygen atoms in total. The average molecular weight is 347 g/mol. The van der Waals surface area contributed by atoms with Crippen molar-refractivity contribution in [1.82, 2.24) is 4.37 Å². The zero-order valence-electron chi connectivity index (χ0n) is 10.6. The fourth-order valence-corrected chi connectivity index (χ4v) is 2.58. The van der Waals surface area contributed by atoms with Crippen molar-refractivity contribution >= 4 is 34.4 Å². The first-order valence-corrected chi connectivity index (χ1v) is 6.99. The quantitative estimate of drug-likeness (QED) is 0.510. The SMILES string of the molecule is [O-][n+]1snc2cc(Oc3ccc(C(F)(F)F)cc3Cl)ccc21. The third kappa shape index (κ3) is 2.79. The summed E-state index contributed by atoms with van der Waals surface area (Å²) in [4.78, 5) is 0. The standard InChI is InChI=1S/C13H6ClF3N2O2S/c14-9-5-7(13(15,16)17)1-4-12(9)21-8-2-3-11-10(6-8)18-22-19(11)20/h1-6H. The van der Waals surface area contributed by atoms with Crippen molar-refractivity contribution in [2.24, 2.45) is 0 Å². The molecule has 0 saturated heterocycles. The Labute approximate surface area is 131 Å². The number of halogens is 4. The lowest BCUT2D eigenvalue weighted by Crippen LogP contribution is -2.18. The van der Waals surface area contributed by atoms with Crippen LogP contribution >= 0.6 is 23.3 Å². The summed E-state index contributed by atoms with van der Waals surface area (Å²) in [5.41, 5.74) is -0.0383. The van der Waals surface area contributed by atoms with Gasteiger partial charge in [0.05, 0.1) is 10.6 Å². The molecule has 0 unspecified atom stereocenters. The highest BCUT2D eigenvalue weighted by atomic mass is 35.5. The van der Waals surface area contributed by atoms with E-state index in [0.717, 1.165) is 29.9 Å². The molecule has 0 atom stereocenters. The van der Waals surface area contributed by atoms with Gasteiger partial charge in [-0.25, -0.2) is 0 Å². The summed E-state index contributed by atoms with van der Waals surface area (Å²) in [6.07, 6.45) is -4.47. The number of benzene rings is 2. The minimum Gasteiger partial charge on any atom is -0.700 e. The molecule has 0 fully saturated rings. The topological polar surface area (TPSA) is 49.1 Å². The van der Waals surface area contributed by atoms with Crippen molar-refractivity contribution in [2.75, 3.05) is 0 Å². The normalized spacial score (nSPS) is 11.8. The molecule has 1 aromatic heterocycles. The summed E-state index contributed by atoms with van der Waals surface area (Å²) >= 11 is 6.56. The van der Waals surface area contributed by atoms with E-state index in [1.165, 1.54) is 18.2 Å². The predicted octanol–water partition coefficient (Wildman–Crippen LogP) is 4.39. The maximum atomic E-state index is 12.6. The Balaban J connectivity index is 1.91. The van der Waals surface area contributed by atoms with E-state index in [0.29, 0.717) is 20.9 Å². The van der Waals surface area contributed by atoms with Gasteiger partial charge in [-0.05, 0) is 30.3 Å². The van der Waals surface area contributed by atoms with Gasteiger partial charge in [-0.2, -0.15) is 17.3 Å². The van der Waals surface area contributed by atoms with E-state index in [9.17, 15) is 18.4 Å². The fraction of sp³-hybridized carbons (Fsp3) is 0.0769. The molecule has 0 saturated carbocycles. The number of hydrogen-bond donors (Lipinski definition) is 0. The van der Waals surface area contributed by atoms with Gasteiger partial charge in [0.15, 0.2) is 5.52 Å². The maximum Gasteiger partial charge on any atom is 0.416 e. The summed E-state index contributed by atoms with van der Waals surface area (Å²) < 4.78 is 47.7. The molecule has 0 aliphatic heterocycles. The predicted molar refractivity (Wildman–Crippen MR) is 75.1 cm³/mol. The van der Waals surface area contributed by atoms with Crippen molar-refractivity contribution < 1.29 is 22.0 Å². The van der Waals surface area contributed by atoms with Crippen LogP contribution in [0.3, 0.4) is 0 Å². The van der Waals surface area contributed by atoms with E-state index in [1.54, 1.807) is 0 Å². The van der Waals surface area contributed by atoms with Gasteiger partial charge in [0.2, 0.25) is 5.52 Å². The van der Waals surface area contributed by atoms with Crippen molar-refractivity contribution in [2.45, 2.75) is 6.18 Å². The lowest BCUT2D eigenvalue weighted by atomic mass is 10.2. The molecule has 0 bridgehead atoms. The first-order chi connectivity index (χ1) is 10.3. The Morgan fingerprint density at radius 3 is 2.64 bits per heavy atom. The molecular weight excluding hydrogens is 341 g/mol. The van der Waals surface area contributed by atoms with E-state index in [4.69, 9.17) is 16.3 Å². The molecule has 114 valence electrons. The highest BCUT2D eigenvalue weighted by Crippen LogP contribution is 2.36. The molecule has 0 aliphatic rings. The Morgan fingerprint density at radius 1 is 1.18 bits per heavy atom.